The summed E-state index contributed by atoms with van der Waals surface area (Å²) in [5, 5.41) is 4.55. The summed E-state index contributed by atoms with van der Waals surface area (Å²) in [7, 11) is 0. The SMILES string of the molecule is CC(=O)NCCN(c1cccc(C(=O)N2CCN(CCCc3ccccc3Cl)CC2)c1)c1ncnc2[nH]ccc12. The van der Waals surface area contributed by atoms with Gasteiger partial charge in [0.05, 0.1) is 5.39 Å². The van der Waals surface area contributed by atoms with Gasteiger partial charge in [-0.3, -0.25) is 14.5 Å². The molecule has 1 fully saturated rings. The number of carbonyl (C=O) groups excluding carboxylic acids is 2. The standard InChI is InChI=1S/C30H34ClN7O2/c1-22(39)32-13-15-38(29-26-11-12-33-28(26)34-21-35-29)25-9-4-7-24(20-25)30(40)37-18-16-36(17-19-37)14-5-8-23-6-2-3-10-27(23)31/h2-4,6-7,9-12,20-21H,5,8,13-19H2,1H3,(H,32,39)(H,33,34,35). The van der Waals surface area contributed by atoms with Crippen molar-refractivity contribution in [3.8, 4) is 0 Å². The van der Waals surface area contributed by atoms with Crippen molar-refractivity contribution in [1.29, 1.82) is 0 Å². The van der Waals surface area contributed by atoms with Crippen LogP contribution in [0.15, 0.2) is 67.1 Å². The molecule has 2 aromatic heterocycles. The molecule has 208 valence electrons. The number of amides is 2. The second-order valence-electron chi connectivity index (χ2n) is 9.95. The third kappa shape index (κ3) is 6.60. The minimum absolute atomic E-state index is 0.0221. The van der Waals surface area contributed by atoms with Gasteiger partial charge in [0.1, 0.15) is 17.8 Å². The average molecular weight is 560 g/mol. The van der Waals surface area contributed by atoms with Gasteiger partial charge in [0.15, 0.2) is 0 Å². The number of hydrogen-bond acceptors (Lipinski definition) is 6. The van der Waals surface area contributed by atoms with E-state index in [0.717, 1.165) is 54.2 Å². The Kier molecular flexibility index (Phi) is 8.93. The van der Waals surface area contributed by atoms with Gasteiger partial charge in [0.2, 0.25) is 5.91 Å². The highest BCUT2D eigenvalue weighted by molar-refractivity contribution is 6.31. The van der Waals surface area contributed by atoms with Crippen molar-refractivity contribution in [1.82, 2.24) is 30.1 Å². The highest BCUT2D eigenvalue weighted by Crippen LogP contribution is 2.30. The minimum atomic E-state index is -0.0960. The first-order valence-corrected chi connectivity index (χ1v) is 14.0. The van der Waals surface area contributed by atoms with E-state index < -0.39 is 0 Å². The van der Waals surface area contributed by atoms with E-state index in [-0.39, 0.29) is 11.8 Å². The van der Waals surface area contributed by atoms with Gasteiger partial charge in [-0.1, -0.05) is 35.9 Å². The molecular weight excluding hydrogens is 526 g/mol. The van der Waals surface area contributed by atoms with Crippen molar-refractivity contribution in [2.24, 2.45) is 0 Å². The van der Waals surface area contributed by atoms with Gasteiger partial charge in [0.25, 0.3) is 5.91 Å². The molecular formula is C30H34ClN7O2. The minimum Gasteiger partial charge on any atom is -0.355 e. The summed E-state index contributed by atoms with van der Waals surface area (Å²) >= 11 is 6.30. The number of benzene rings is 2. The van der Waals surface area contributed by atoms with Crippen LogP contribution < -0.4 is 10.2 Å². The van der Waals surface area contributed by atoms with Crippen LogP contribution in [0.2, 0.25) is 5.02 Å². The van der Waals surface area contributed by atoms with Crippen LogP contribution in [0.4, 0.5) is 11.5 Å². The van der Waals surface area contributed by atoms with Crippen LogP contribution in [0.5, 0.6) is 0 Å². The lowest BCUT2D eigenvalue weighted by Crippen LogP contribution is -2.48. The van der Waals surface area contributed by atoms with E-state index in [1.54, 1.807) is 0 Å². The summed E-state index contributed by atoms with van der Waals surface area (Å²) in [6.07, 6.45) is 5.32. The van der Waals surface area contributed by atoms with E-state index >= 15 is 0 Å². The number of nitrogens with one attached hydrogen (secondary N) is 2. The second-order valence-corrected chi connectivity index (χ2v) is 10.4. The molecule has 1 saturated heterocycles. The van der Waals surface area contributed by atoms with Gasteiger partial charge in [-0.15, -0.1) is 0 Å². The van der Waals surface area contributed by atoms with Gasteiger partial charge in [0, 0.05) is 68.7 Å². The van der Waals surface area contributed by atoms with E-state index in [0.29, 0.717) is 37.6 Å². The van der Waals surface area contributed by atoms with Crippen LogP contribution in [0.1, 0.15) is 29.3 Å². The zero-order valence-electron chi connectivity index (χ0n) is 22.6. The molecule has 3 heterocycles. The monoisotopic (exact) mass is 559 g/mol. The van der Waals surface area contributed by atoms with Crippen molar-refractivity contribution in [3.63, 3.8) is 0 Å². The Morgan fingerprint density at radius 2 is 1.88 bits per heavy atom. The Hall–Kier alpha value is -3.95. The Morgan fingerprint density at radius 1 is 1.05 bits per heavy atom. The molecule has 2 amide bonds. The normalized spacial score (nSPS) is 13.9. The maximum atomic E-state index is 13.5. The third-order valence-electron chi connectivity index (χ3n) is 7.24. The lowest BCUT2D eigenvalue weighted by molar-refractivity contribution is -0.118. The largest absolute Gasteiger partial charge is 0.355 e. The molecule has 4 aromatic rings. The Morgan fingerprint density at radius 3 is 2.67 bits per heavy atom. The van der Waals surface area contributed by atoms with Gasteiger partial charge < -0.3 is 20.1 Å². The molecule has 0 bridgehead atoms. The van der Waals surface area contributed by atoms with Gasteiger partial charge in [-0.25, -0.2) is 9.97 Å². The first-order chi connectivity index (χ1) is 19.5. The number of aromatic nitrogens is 3. The van der Waals surface area contributed by atoms with Crippen molar-refractivity contribution in [2.45, 2.75) is 19.8 Å². The molecule has 0 radical (unpaired) electrons. The van der Waals surface area contributed by atoms with Crippen LogP contribution >= 0.6 is 11.6 Å². The fraction of sp³-hybridized carbons (Fsp3) is 0.333. The Labute approximate surface area is 239 Å². The number of carbonyl (C=O) groups is 2. The van der Waals surface area contributed by atoms with Gasteiger partial charge in [-0.2, -0.15) is 0 Å². The molecule has 0 unspecified atom stereocenters. The molecule has 1 aliphatic heterocycles. The van der Waals surface area contributed by atoms with Crippen molar-refractivity contribution < 1.29 is 9.59 Å². The van der Waals surface area contributed by atoms with Crippen molar-refractivity contribution in [2.75, 3.05) is 50.7 Å². The number of aromatic amines is 1. The van der Waals surface area contributed by atoms with Crippen molar-refractivity contribution >= 4 is 46.0 Å². The van der Waals surface area contributed by atoms with E-state index in [4.69, 9.17) is 11.6 Å². The number of halogens is 1. The van der Waals surface area contributed by atoms with Gasteiger partial charge >= 0.3 is 0 Å². The van der Waals surface area contributed by atoms with Crippen LogP contribution in [-0.4, -0.2) is 82.4 Å². The lowest BCUT2D eigenvalue weighted by atomic mass is 10.1. The smallest absolute Gasteiger partial charge is 0.254 e. The summed E-state index contributed by atoms with van der Waals surface area (Å²) in [5.41, 5.74) is 3.37. The van der Waals surface area contributed by atoms with Crippen LogP contribution in [0.3, 0.4) is 0 Å². The lowest BCUT2D eigenvalue weighted by Gasteiger charge is -2.35. The second kappa shape index (κ2) is 12.9. The molecule has 2 aromatic carbocycles. The van der Waals surface area contributed by atoms with E-state index in [9.17, 15) is 9.59 Å². The van der Waals surface area contributed by atoms with Crippen molar-refractivity contribution in [3.05, 3.63) is 83.3 Å². The van der Waals surface area contributed by atoms with Crippen LogP contribution in [0.25, 0.3) is 11.0 Å². The van der Waals surface area contributed by atoms with E-state index in [1.807, 2.05) is 64.5 Å². The number of anilines is 2. The molecule has 9 nitrogen and oxygen atoms in total. The summed E-state index contributed by atoms with van der Waals surface area (Å²) in [5.74, 6) is 0.641. The number of hydrogen-bond donors (Lipinski definition) is 2. The maximum absolute atomic E-state index is 13.5. The number of nitrogens with zero attached hydrogens (tertiary/aromatic N) is 5. The predicted molar refractivity (Wildman–Crippen MR) is 158 cm³/mol. The molecule has 40 heavy (non-hydrogen) atoms. The fourth-order valence-corrected chi connectivity index (χ4v) is 5.36. The molecule has 5 rings (SSSR count). The zero-order valence-corrected chi connectivity index (χ0v) is 23.4. The Bertz CT molecular complexity index is 1470. The van der Waals surface area contributed by atoms with E-state index in [2.05, 4.69) is 31.2 Å². The highest BCUT2D eigenvalue weighted by atomic mass is 35.5. The zero-order chi connectivity index (χ0) is 27.9. The van der Waals surface area contributed by atoms with Crippen LogP contribution in [0, 0.1) is 0 Å². The first-order valence-electron chi connectivity index (χ1n) is 13.6. The highest BCUT2D eigenvalue weighted by Gasteiger charge is 2.23. The number of aryl methyl sites for hydroxylation is 1. The first kappa shape index (κ1) is 27.6. The summed E-state index contributed by atoms with van der Waals surface area (Å²) < 4.78 is 0. The third-order valence-corrected chi connectivity index (χ3v) is 7.61. The molecule has 0 aliphatic carbocycles. The van der Waals surface area contributed by atoms with Crippen LogP contribution in [-0.2, 0) is 11.2 Å². The van der Waals surface area contributed by atoms with Gasteiger partial charge in [-0.05, 0) is 55.3 Å². The average Bonchev–Trinajstić information content (AvgIpc) is 3.46. The molecule has 10 heteroatoms. The summed E-state index contributed by atoms with van der Waals surface area (Å²) in [6.45, 7) is 6.49. The predicted octanol–water partition coefficient (Wildman–Crippen LogP) is 4.28. The molecule has 0 atom stereocenters. The molecule has 1 aliphatic rings. The number of rotatable bonds is 10. The topological polar surface area (TPSA) is 97.5 Å². The quantitative estimate of drug-likeness (QED) is 0.301. The number of piperazine rings is 1. The summed E-state index contributed by atoms with van der Waals surface area (Å²) in [4.78, 5) is 43.4. The fourth-order valence-electron chi connectivity index (χ4n) is 5.13. The summed E-state index contributed by atoms with van der Waals surface area (Å²) in [6, 6.07) is 17.6. The number of H-pyrrole nitrogens is 1. The Balaban J connectivity index is 1.24. The molecule has 2 N–H and O–H groups in total. The maximum Gasteiger partial charge on any atom is 0.254 e. The number of fused-ring (bicyclic) bond motifs is 1. The molecule has 0 saturated carbocycles. The van der Waals surface area contributed by atoms with E-state index in [1.165, 1.54) is 18.8 Å². The molecule has 0 spiro atoms.